The zero-order valence-electron chi connectivity index (χ0n) is 11.2. The number of hydrogen-bond acceptors (Lipinski definition) is 2. The summed E-state index contributed by atoms with van der Waals surface area (Å²) in [5.74, 6) is 0.655. The van der Waals surface area contributed by atoms with E-state index in [9.17, 15) is 0 Å². The molecule has 0 heterocycles. The van der Waals surface area contributed by atoms with E-state index in [1.54, 1.807) is 7.11 Å². The molecule has 0 fully saturated rings. The van der Waals surface area contributed by atoms with Crippen LogP contribution in [0.5, 0.6) is 0 Å². The largest absolute Gasteiger partial charge is 0.385 e. The highest BCUT2D eigenvalue weighted by Crippen LogP contribution is 2.04. The number of halogens is 1. The van der Waals surface area contributed by atoms with Gasteiger partial charge in [-0.3, -0.25) is 0 Å². The summed E-state index contributed by atoms with van der Waals surface area (Å²) < 4.78 is 5.06. The van der Waals surface area contributed by atoms with Crippen molar-refractivity contribution >= 4 is 11.6 Å². The molecule has 0 aliphatic rings. The Labute approximate surface area is 116 Å². The van der Waals surface area contributed by atoms with E-state index in [-0.39, 0.29) is 0 Å². The molecule has 0 aromatic heterocycles. The van der Waals surface area contributed by atoms with Crippen LogP contribution in [0.4, 0.5) is 0 Å². The zero-order valence-corrected chi connectivity index (χ0v) is 12.0. The van der Waals surface area contributed by atoms with Gasteiger partial charge in [-0.25, -0.2) is 0 Å². The molecular formula is C15H24ClNO. The molecule has 1 aromatic rings. The van der Waals surface area contributed by atoms with Crippen molar-refractivity contribution in [3.05, 3.63) is 35.9 Å². The van der Waals surface area contributed by atoms with Gasteiger partial charge in [-0.2, -0.15) is 0 Å². The second-order valence-corrected chi connectivity index (χ2v) is 4.84. The number of hydrogen-bond donors (Lipinski definition) is 1. The molecule has 18 heavy (non-hydrogen) atoms. The first-order chi connectivity index (χ1) is 8.86. The van der Waals surface area contributed by atoms with Crippen LogP contribution >= 0.6 is 11.6 Å². The summed E-state index contributed by atoms with van der Waals surface area (Å²) >= 11 is 5.89. The number of benzene rings is 1. The Morgan fingerprint density at radius 1 is 1.22 bits per heavy atom. The number of rotatable bonds is 10. The summed E-state index contributed by atoms with van der Waals surface area (Å²) in [6.07, 6.45) is 4.55. The summed E-state index contributed by atoms with van der Waals surface area (Å²) in [6, 6.07) is 11.0. The average molecular weight is 270 g/mol. The summed E-state index contributed by atoms with van der Waals surface area (Å²) in [6.45, 7) is 1.81. The van der Waals surface area contributed by atoms with Crippen molar-refractivity contribution in [2.24, 2.45) is 0 Å². The van der Waals surface area contributed by atoms with Crippen molar-refractivity contribution in [1.82, 2.24) is 5.32 Å². The van der Waals surface area contributed by atoms with Gasteiger partial charge in [0.1, 0.15) is 0 Å². The summed E-state index contributed by atoms with van der Waals surface area (Å²) in [5, 5.41) is 3.48. The average Bonchev–Trinajstić information content (AvgIpc) is 2.43. The molecule has 0 bridgehead atoms. The summed E-state index contributed by atoms with van der Waals surface area (Å²) in [7, 11) is 1.73. The second-order valence-electron chi connectivity index (χ2n) is 4.53. The van der Waals surface area contributed by atoms with Crippen LogP contribution in [0.25, 0.3) is 0 Å². The topological polar surface area (TPSA) is 21.3 Å². The molecule has 1 unspecified atom stereocenters. The Balaban J connectivity index is 2.03. The molecule has 0 amide bonds. The fraction of sp³-hybridized carbons (Fsp3) is 0.600. The van der Waals surface area contributed by atoms with Gasteiger partial charge < -0.3 is 10.1 Å². The van der Waals surface area contributed by atoms with Gasteiger partial charge in [0.15, 0.2) is 0 Å². The molecule has 2 nitrogen and oxygen atoms in total. The van der Waals surface area contributed by atoms with Crippen LogP contribution < -0.4 is 5.32 Å². The van der Waals surface area contributed by atoms with Gasteiger partial charge in [-0.05, 0) is 37.8 Å². The van der Waals surface area contributed by atoms with E-state index in [4.69, 9.17) is 16.3 Å². The highest BCUT2D eigenvalue weighted by molar-refractivity contribution is 6.18. The number of aryl methyl sites for hydroxylation is 1. The van der Waals surface area contributed by atoms with Crippen LogP contribution in [0.3, 0.4) is 0 Å². The Bertz CT molecular complexity index is 292. The Kier molecular flexibility index (Phi) is 8.92. The lowest BCUT2D eigenvalue weighted by molar-refractivity contribution is 0.185. The quantitative estimate of drug-likeness (QED) is 0.520. The van der Waals surface area contributed by atoms with E-state index in [1.165, 1.54) is 18.4 Å². The molecule has 0 radical (unpaired) electrons. The number of ether oxygens (including phenoxy) is 1. The molecule has 0 aliphatic carbocycles. The molecule has 1 N–H and O–H groups in total. The van der Waals surface area contributed by atoms with Crippen LogP contribution in [0, 0.1) is 0 Å². The lowest BCUT2D eigenvalue weighted by Gasteiger charge is -2.15. The van der Waals surface area contributed by atoms with Crippen molar-refractivity contribution in [2.45, 2.75) is 31.7 Å². The third kappa shape index (κ3) is 7.00. The fourth-order valence-electron chi connectivity index (χ4n) is 1.90. The Morgan fingerprint density at radius 2 is 2.00 bits per heavy atom. The molecule has 3 heteroatoms. The van der Waals surface area contributed by atoms with E-state index in [2.05, 4.69) is 35.6 Å². The number of methoxy groups -OCH3 is 1. The predicted molar refractivity (Wildman–Crippen MR) is 78.4 cm³/mol. The molecule has 1 rings (SSSR count). The normalized spacial score (nSPS) is 12.6. The van der Waals surface area contributed by atoms with Crippen LogP contribution in [0.1, 0.15) is 24.8 Å². The SMILES string of the molecule is COCCC(CCl)NCCCCc1ccccc1. The van der Waals surface area contributed by atoms with Gasteiger partial charge in [-0.1, -0.05) is 30.3 Å². The predicted octanol–water partition coefficient (Wildman–Crippen LogP) is 3.24. The van der Waals surface area contributed by atoms with E-state index >= 15 is 0 Å². The maximum Gasteiger partial charge on any atom is 0.0477 e. The highest BCUT2D eigenvalue weighted by Gasteiger charge is 2.05. The third-order valence-electron chi connectivity index (χ3n) is 3.02. The zero-order chi connectivity index (χ0) is 13.1. The second kappa shape index (κ2) is 10.4. The van der Waals surface area contributed by atoms with Crippen molar-refractivity contribution in [2.75, 3.05) is 26.1 Å². The molecule has 0 saturated heterocycles. The minimum absolute atomic E-state index is 0.378. The van der Waals surface area contributed by atoms with E-state index in [0.29, 0.717) is 11.9 Å². The van der Waals surface area contributed by atoms with Gasteiger partial charge in [0.2, 0.25) is 0 Å². The van der Waals surface area contributed by atoms with Crippen molar-refractivity contribution in [1.29, 1.82) is 0 Å². The first-order valence-electron chi connectivity index (χ1n) is 6.69. The first kappa shape index (κ1) is 15.5. The van der Waals surface area contributed by atoms with Crippen LogP contribution in [0.2, 0.25) is 0 Å². The van der Waals surface area contributed by atoms with Crippen LogP contribution in [-0.4, -0.2) is 32.2 Å². The molecule has 0 aliphatic heterocycles. The molecule has 0 spiro atoms. The fourth-order valence-corrected chi connectivity index (χ4v) is 2.16. The third-order valence-corrected chi connectivity index (χ3v) is 3.40. The minimum atomic E-state index is 0.378. The highest BCUT2D eigenvalue weighted by atomic mass is 35.5. The smallest absolute Gasteiger partial charge is 0.0477 e. The van der Waals surface area contributed by atoms with Crippen molar-refractivity contribution < 1.29 is 4.74 Å². The molecule has 102 valence electrons. The standard InChI is InChI=1S/C15H24ClNO/c1-18-12-10-15(13-16)17-11-6-5-9-14-7-3-2-4-8-14/h2-4,7-8,15,17H,5-6,9-13H2,1H3. The first-order valence-corrected chi connectivity index (χ1v) is 7.22. The molecular weight excluding hydrogens is 246 g/mol. The van der Waals surface area contributed by atoms with Gasteiger partial charge in [0.05, 0.1) is 0 Å². The van der Waals surface area contributed by atoms with Crippen molar-refractivity contribution in [3.63, 3.8) is 0 Å². The molecule has 0 saturated carbocycles. The van der Waals surface area contributed by atoms with Crippen molar-refractivity contribution in [3.8, 4) is 0 Å². The summed E-state index contributed by atoms with van der Waals surface area (Å²) in [5.41, 5.74) is 1.42. The van der Waals surface area contributed by atoms with Gasteiger partial charge in [0, 0.05) is 25.6 Å². The number of nitrogens with one attached hydrogen (secondary N) is 1. The lowest BCUT2D eigenvalue weighted by atomic mass is 10.1. The Morgan fingerprint density at radius 3 is 2.67 bits per heavy atom. The van der Waals surface area contributed by atoms with E-state index in [1.807, 2.05) is 0 Å². The number of unbranched alkanes of at least 4 members (excludes halogenated alkanes) is 1. The molecule has 1 aromatic carbocycles. The van der Waals surface area contributed by atoms with Gasteiger partial charge in [0.25, 0.3) is 0 Å². The van der Waals surface area contributed by atoms with E-state index in [0.717, 1.165) is 26.0 Å². The van der Waals surface area contributed by atoms with E-state index < -0.39 is 0 Å². The minimum Gasteiger partial charge on any atom is -0.385 e. The maximum atomic E-state index is 5.89. The van der Waals surface area contributed by atoms with Gasteiger partial charge in [-0.15, -0.1) is 11.6 Å². The Hall–Kier alpha value is -0.570. The summed E-state index contributed by atoms with van der Waals surface area (Å²) in [4.78, 5) is 0. The van der Waals surface area contributed by atoms with Crippen LogP contribution in [0.15, 0.2) is 30.3 Å². The number of alkyl halides is 1. The maximum absolute atomic E-state index is 5.89. The lowest BCUT2D eigenvalue weighted by Crippen LogP contribution is -2.32. The molecule has 1 atom stereocenters. The monoisotopic (exact) mass is 269 g/mol. The van der Waals surface area contributed by atoms with Crippen LogP contribution in [-0.2, 0) is 11.2 Å². The van der Waals surface area contributed by atoms with Gasteiger partial charge >= 0.3 is 0 Å².